The largest absolute Gasteiger partial charge is 0.497 e. The minimum Gasteiger partial charge on any atom is -0.497 e. The monoisotopic (exact) mass is 644 g/mol. The first-order chi connectivity index (χ1) is 21.8. The number of nitrogens with zero attached hydrogens (tertiary/aromatic N) is 4. The minimum atomic E-state index is -0.366. The molecular weight excluding hydrogens is 608 g/mol. The Hall–Kier alpha value is -3.95. The first kappa shape index (κ1) is 31.0. The number of halogens is 1. The van der Waals surface area contributed by atoms with Gasteiger partial charge in [0.05, 0.1) is 36.6 Å². The molecule has 10 heteroatoms. The molecule has 3 heterocycles. The number of piperidine rings is 1. The van der Waals surface area contributed by atoms with Crippen molar-refractivity contribution in [2.45, 2.75) is 31.9 Å². The van der Waals surface area contributed by atoms with Gasteiger partial charge in [0.25, 0.3) is 0 Å². The number of thioether (sulfide) groups is 1. The molecule has 0 spiro atoms. The van der Waals surface area contributed by atoms with Crippen LogP contribution in [0.2, 0.25) is 5.02 Å². The van der Waals surface area contributed by atoms with Crippen LogP contribution in [0.5, 0.6) is 11.5 Å². The van der Waals surface area contributed by atoms with Crippen LogP contribution in [-0.2, 0) is 9.59 Å². The van der Waals surface area contributed by atoms with Crippen molar-refractivity contribution in [3.05, 3.63) is 88.4 Å². The van der Waals surface area contributed by atoms with Crippen molar-refractivity contribution in [1.29, 1.82) is 0 Å². The van der Waals surface area contributed by atoms with Crippen LogP contribution < -0.4 is 14.4 Å². The van der Waals surface area contributed by atoms with Crippen molar-refractivity contribution in [1.82, 2.24) is 14.7 Å². The van der Waals surface area contributed by atoms with Gasteiger partial charge in [-0.2, -0.15) is 5.10 Å². The number of amides is 2. The Labute approximate surface area is 273 Å². The highest BCUT2D eigenvalue weighted by Gasteiger charge is 2.39. The number of fused-ring (bicyclic) bond motifs is 1. The lowest BCUT2D eigenvalue weighted by atomic mass is 9.98. The van der Waals surface area contributed by atoms with Crippen molar-refractivity contribution in [2.24, 2.45) is 5.92 Å². The van der Waals surface area contributed by atoms with Crippen molar-refractivity contribution >= 4 is 41.0 Å². The number of carbonyl (C=O) groups excluding carboxylic acids is 2. The smallest absolute Gasteiger partial charge is 0.242 e. The van der Waals surface area contributed by atoms with E-state index in [1.807, 2.05) is 83.2 Å². The van der Waals surface area contributed by atoms with Gasteiger partial charge in [-0.3, -0.25) is 14.5 Å². The Bertz CT molecular complexity index is 1700. The van der Waals surface area contributed by atoms with Crippen molar-refractivity contribution in [3.8, 4) is 28.4 Å². The Kier molecular flexibility index (Phi) is 9.10. The van der Waals surface area contributed by atoms with Crippen LogP contribution in [0.3, 0.4) is 0 Å². The van der Waals surface area contributed by atoms with E-state index in [4.69, 9.17) is 26.2 Å². The van der Waals surface area contributed by atoms with Gasteiger partial charge in [0.1, 0.15) is 23.9 Å². The Balaban J connectivity index is 1.60. The van der Waals surface area contributed by atoms with E-state index in [1.165, 1.54) is 11.8 Å². The van der Waals surface area contributed by atoms with Gasteiger partial charge in [-0.1, -0.05) is 48.4 Å². The molecule has 3 aromatic carbocycles. The molecule has 1 saturated heterocycles. The quantitative estimate of drug-likeness (QED) is 0.217. The Morgan fingerprint density at radius 2 is 1.71 bits per heavy atom. The Morgan fingerprint density at radius 3 is 2.38 bits per heavy atom. The van der Waals surface area contributed by atoms with Gasteiger partial charge in [-0.15, -0.1) is 11.8 Å². The van der Waals surface area contributed by atoms with Gasteiger partial charge >= 0.3 is 0 Å². The summed E-state index contributed by atoms with van der Waals surface area (Å²) in [7, 11) is 3.27. The maximum absolute atomic E-state index is 14.1. The number of carbonyl (C=O) groups is 2. The molecule has 2 amide bonds. The van der Waals surface area contributed by atoms with E-state index in [9.17, 15) is 9.59 Å². The SMILES string of the molecule is COc1ccc(OC)c([C@@H]2SCC(=O)N(CC(=O)N3CCC(C)CC3)c3c2c(-c2ccc(Cl)cc2)nn3-c2ccc(C)cc2)c1. The lowest BCUT2D eigenvalue weighted by Gasteiger charge is -2.32. The van der Waals surface area contributed by atoms with Crippen LogP contribution in [0.1, 0.15) is 41.7 Å². The number of anilines is 1. The summed E-state index contributed by atoms with van der Waals surface area (Å²) in [6.45, 7) is 5.57. The zero-order valence-electron chi connectivity index (χ0n) is 26.0. The fraction of sp³-hybridized carbons (Fsp3) is 0.343. The average molecular weight is 645 g/mol. The fourth-order valence-corrected chi connectivity index (χ4v) is 7.33. The molecule has 1 fully saturated rings. The third-order valence-corrected chi connectivity index (χ3v) is 10.1. The second-order valence-electron chi connectivity index (χ2n) is 11.7. The predicted molar refractivity (Wildman–Crippen MR) is 180 cm³/mol. The van der Waals surface area contributed by atoms with E-state index >= 15 is 0 Å². The highest BCUT2D eigenvalue weighted by molar-refractivity contribution is 8.00. The molecule has 1 atom stereocenters. The van der Waals surface area contributed by atoms with Gasteiger partial charge in [-0.05, 0) is 68.1 Å². The first-order valence-corrected chi connectivity index (χ1v) is 16.6. The third kappa shape index (κ3) is 6.29. The second kappa shape index (κ2) is 13.2. The summed E-state index contributed by atoms with van der Waals surface area (Å²) in [5.74, 6) is 2.46. The van der Waals surface area contributed by atoms with Crippen LogP contribution in [0.25, 0.3) is 16.9 Å². The van der Waals surface area contributed by atoms with E-state index in [0.717, 1.165) is 40.8 Å². The predicted octanol–water partition coefficient (Wildman–Crippen LogP) is 6.95. The molecule has 6 rings (SSSR count). The molecule has 8 nitrogen and oxygen atoms in total. The summed E-state index contributed by atoms with van der Waals surface area (Å²) < 4.78 is 13.3. The molecule has 234 valence electrons. The number of methoxy groups -OCH3 is 2. The van der Waals surface area contributed by atoms with E-state index in [1.54, 1.807) is 19.1 Å². The normalized spacial score (nSPS) is 17.2. The maximum Gasteiger partial charge on any atom is 0.242 e. The van der Waals surface area contributed by atoms with Gasteiger partial charge in [0.15, 0.2) is 0 Å². The number of ether oxygens (including phenoxy) is 2. The summed E-state index contributed by atoms with van der Waals surface area (Å²) in [6, 6.07) is 21.3. The topological polar surface area (TPSA) is 76.9 Å². The fourth-order valence-electron chi connectivity index (χ4n) is 5.99. The number of rotatable bonds is 7. The number of likely N-dealkylation sites (tertiary alicyclic amines) is 1. The molecule has 4 aromatic rings. The second-order valence-corrected chi connectivity index (χ2v) is 13.2. The van der Waals surface area contributed by atoms with Gasteiger partial charge in [0, 0.05) is 34.8 Å². The summed E-state index contributed by atoms with van der Waals surface area (Å²) >= 11 is 7.80. The molecule has 0 aliphatic carbocycles. The maximum atomic E-state index is 14.1. The van der Waals surface area contributed by atoms with Crippen LogP contribution in [-0.4, -0.2) is 66.1 Å². The van der Waals surface area contributed by atoms with E-state index in [0.29, 0.717) is 47.0 Å². The average Bonchev–Trinajstić information content (AvgIpc) is 3.37. The Morgan fingerprint density at radius 1 is 1.00 bits per heavy atom. The zero-order valence-corrected chi connectivity index (χ0v) is 27.5. The van der Waals surface area contributed by atoms with E-state index < -0.39 is 0 Å². The number of aryl methyl sites for hydroxylation is 1. The van der Waals surface area contributed by atoms with Crippen molar-refractivity contribution in [3.63, 3.8) is 0 Å². The summed E-state index contributed by atoms with van der Waals surface area (Å²) in [5.41, 5.74) is 5.11. The van der Waals surface area contributed by atoms with Crippen LogP contribution >= 0.6 is 23.4 Å². The zero-order chi connectivity index (χ0) is 31.7. The van der Waals surface area contributed by atoms with Crippen LogP contribution in [0.15, 0.2) is 66.7 Å². The van der Waals surface area contributed by atoms with Gasteiger partial charge < -0.3 is 14.4 Å². The molecule has 0 unspecified atom stereocenters. The lowest BCUT2D eigenvalue weighted by Crippen LogP contribution is -2.46. The molecule has 0 radical (unpaired) electrons. The molecule has 0 saturated carbocycles. The van der Waals surface area contributed by atoms with Gasteiger partial charge in [0.2, 0.25) is 11.8 Å². The van der Waals surface area contributed by atoms with E-state index in [-0.39, 0.29) is 29.4 Å². The number of aromatic nitrogens is 2. The standard InChI is InChI=1S/C35H37ClN4O4S/c1-22-5-11-26(12-6-22)40-35-32(33(37-40)24-7-9-25(36)10-8-24)34(28-19-27(43-3)13-14-29(28)44-4)45-21-31(42)39(35)20-30(41)38-17-15-23(2)16-18-38/h5-14,19,23,34H,15-18,20-21H2,1-4H3/t34-/m0/s1. The summed E-state index contributed by atoms with van der Waals surface area (Å²) in [4.78, 5) is 31.5. The number of benzene rings is 3. The molecule has 1 aromatic heterocycles. The van der Waals surface area contributed by atoms with Crippen LogP contribution in [0, 0.1) is 12.8 Å². The third-order valence-electron chi connectivity index (χ3n) is 8.63. The minimum absolute atomic E-state index is 0.0618. The van der Waals surface area contributed by atoms with Crippen molar-refractivity contribution < 1.29 is 19.1 Å². The molecular formula is C35H37ClN4O4S. The van der Waals surface area contributed by atoms with Crippen LogP contribution in [0.4, 0.5) is 5.82 Å². The van der Waals surface area contributed by atoms with Crippen molar-refractivity contribution in [2.75, 3.05) is 44.5 Å². The molecule has 45 heavy (non-hydrogen) atoms. The summed E-state index contributed by atoms with van der Waals surface area (Å²) in [6.07, 6.45) is 1.92. The number of hydrogen-bond acceptors (Lipinski definition) is 6. The number of hydrogen-bond donors (Lipinski definition) is 0. The highest BCUT2D eigenvalue weighted by Crippen LogP contribution is 2.51. The first-order valence-electron chi connectivity index (χ1n) is 15.1. The molecule has 2 aliphatic heterocycles. The summed E-state index contributed by atoms with van der Waals surface area (Å²) in [5, 5.41) is 5.44. The highest BCUT2D eigenvalue weighted by atomic mass is 35.5. The van der Waals surface area contributed by atoms with Gasteiger partial charge in [-0.25, -0.2) is 4.68 Å². The van der Waals surface area contributed by atoms with E-state index in [2.05, 4.69) is 6.92 Å². The lowest BCUT2D eigenvalue weighted by molar-refractivity contribution is -0.132. The molecule has 0 bridgehead atoms. The molecule has 0 N–H and O–H groups in total. The molecule has 2 aliphatic rings.